The number of benzene rings is 2. The summed E-state index contributed by atoms with van der Waals surface area (Å²) in [7, 11) is 0. The first kappa shape index (κ1) is 16.9. The molecule has 0 aliphatic carbocycles. The van der Waals surface area contributed by atoms with Crippen LogP contribution in [0.3, 0.4) is 0 Å². The van der Waals surface area contributed by atoms with Gasteiger partial charge in [0.05, 0.1) is 6.61 Å². The Morgan fingerprint density at radius 2 is 1.70 bits per heavy atom. The molecular formula is C19H23NO3. The standard InChI is InChI=1S/C19H23NO3/c1-4-22-18(21)19(2,3)23-17-12-10-15(11-13-17)14-20-16-8-6-5-7-9-16/h5-13,20H,4,14H2,1-3H3. The highest BCUT2D eigenvalue weighted by Crippen LogP contribution is 2.20. The van der Waals surface area contributed by atoms with Gasteiger partial charge in [0, 0.05) is 12.2 Å². The van der Waals surface area contributed by atoms with E-state index >= 15 is 0 Å². The van der Waals surface area contributed by atoms with Gasteiger partial charge in [0.25, 0.3) is 0 Å². The molecule has 0 fully saturated rings. The molecule has 0 atom stereocenters. The van der Waals surface area contributed by atoms with Crippen LogP contribution in [0.15, 0.2) is 54.6 Å². The summed E-state index contributed by atoms with van der Waals surface area (Å²) in [6, 6.07) is 17.7. The molecule has 0 heterocycles. The van der Waals surface area contributed by atoms with Crippen molar-refractivity contribution >= 4 is 11.7 Å². The molecule has 0 saturated carbocycles. The van der Waals surface area contributed by atoms with Crippen molar-refractivity contribution in [2.75, 3.05) is 11.9 Å². The number of hydrogen-bond acceptors (Lipinski definition) is 4. The Labute approximate surface area is 137 Å². The van der Waals surface area contributed by atoms with E-state index in [0.29, 0.717) is 12.4 Å². The Morgan fingerprint density at radius 1 is 1.04 bits per heavy atom. The molecule has 122 valence electrons. The highest BCUT2D eigenvalue weighted by Gasteiger charge is 2.31. The van der Waals surface area contributed by atoms with Gasteiger partial charge in [-0.05, 0) is 50.6 Å². The van der Waals surface area contributed by atoms with Crippen LogP contribution >= 0.6 is 0 Å². The van der Waals surface area contributed by atoms with Crippen molar-refractivity contribution < 1.29 is 14.3 Å². The van der Waals surface area contributed by atoms with Crippen molar-refractivity contribution in [2.45, 2.75) is 32.9 Å². The first-order chi connectivity index (χ1) is 11.0. The number of anilines is 1. The number of esters is 1. The molecule has 1 N–H and O–H groups in total. The molecule has 0 aliphatic heterocycles. The van der Waals surface area contributed by atoms with E-state index in [4.69, 9.17) is 9.47 Å². The van der Waals surface area contributed by atoms with E-state index in [-0.39, 0.29) is 5.97 Å². The van der Waals surface area contributed by atoms with E-state index in [0.717, 1.165) is 17.8 Å². The fourth-order valence-electron chi connectivity index (χ4n) is 2.08. The van der Waals surface area contributed by atoms with Crippen molar-refractivity contribution in [3.8, 4) is 5.75 Å². The van der Waals surface area contributed by atoms with Gasteiger partial charge in [-0.25, -0.2) is 4.79 Å². The Kier molecular flexibility index (Phi) is 5.63. The second-order valence-electron chi connectivity index (χ2n) is 5.70. The first-order valence-corrected chi connectivity index (χ1v) is 7.75. The van der Waals surface area contributed by atoms with Crippen LogP contribution in [-0.2, 0) is 16.1 Å². The highest BCUT2D eigenvalue weighted by atomic mass is 16.6. The van der Waals surface area contributed by atoms with Crippen LogP contribution in [0, 0.1) is 0 Å². The third-order valence-electron chi connectivity index (χ3n) is 3.33. The molecular weight excluding hydrogens is 290 g/mol. The summed E-state index contributed by atoms with van der Waals surface area (Å²) < 4.78 is 10.8. The monoisotopic (exact) mass is 313 g/mol. The summed E-state index contributed by atoms with van der Waals surface area (Å²) in [6.45, 7) is 6.26. The number of carbonyl (C=O) groups is 1. The molecule has 23 heavy (non-hydrogen) atoms. The van der Waals surface area contributed by atoms with Gasteiger partial charge in [0.15, 0.2) is 5.60 Å². The molecule has 0 radical (unpaired) electrons. The largest absolute Gasteiger partial charge is 0.476 e. The third kappa shape index (κ3) is 5.02. The smallest absolute Gasteiger partial charge is 0.349 e. The second-order valence-corrected chi connectivity index (χ2v) is 5.70. The molecule has 0 bridgehead atoms. The van der Waals surface area contributed by atoms with Crippen LogP contribution in [0.5, 0.6) is 5.75 Å². The number of rotatable bonds is 7. The van der Waals surface area contributed by atoms with Crippen molar-refractivity contribution in [2.24, 2.45) is 0 Å². The molecule has 2 aromatic carbocycles. The fourth-order valence-corrected chi connectivity index (χ4v) is 2.08. The minimum absolute atomic E-state index is 0.343. The van der Waals surface area contributed by atoms with Crippen LogP contribution < -0.4 is 10.1 Å². The minimum Gasteiger partial charge on any atom is -0.476 e. The molecule has 2 aromatic rings. The van der Waals surface area contributed by atoms with Crippen molar-refractivity contribution in [3.05, 3.63) is 60.2 Å². The van der Waals surface area contributed by atoms with Crippen molar-refractivity contribution in [3.63, 3.8) is 0 Å². The molecule has 4 nitrogen and oxygen atoms in total. The van der Waals surface area contributed by atoms with E-state index in [2.05, 4.69) is 5.32 Å². The maximum Gasteiger partial charge on any atom is 0.349 e. The molecule has 0 spiro atoms. The van der Waals surface area contributed by atoms with Crippen molar-refractivity contribution in [1.29, 1.82) is 0 Å². The lowest BCUT2D eigenvalue weighted by Crippen LogP contribution is -2.39. The maximum atomic E-state index is 11.8. The van der Waals surface area contributed by atoms with Crippen LogP contribution in [-0.4, -0.2) is 18.2 Å². The SMILES string of the molecule is CCOC(=O)C(C)(C)Oc1ccc(CNc2ccccc2)cc1. The zero-order chi connectivity index (χ0) is 16.7. The van der Waals surface area contributed by atoms with Crippen LogP contribution in [0.25, 0.3) is 0 Å². The summed E-state index contributed by atoms with van der Waals surface area (Å²) in [5.41, 5.74) is 1.21. The van der Waals surface area contributed by atoms with E-state index in [1.165, 1.54) is 0 Å². The zero-order valence-electron chi connectivity index (χ0n) is 13.8. The third-order valence-corrected chi connectivity index (χ3v) is 3.33. The van der Waals surface area contributed by atoms with Crippen LogP contribution in [0.4, 0.5) is 5.69 Å². The number of para-hydroxylation sites is 1. The highest BCUT2D eigenvalue weighted by molar-refractivity contribution is 5.79. The van der Waals surface area contributed by atoms with Gasteiger partial charge < -0.3 is 14.8 Å². The van der Waals surface area contributed by atoms with Crippen molar-refractivity contribution in [1.82, 2.24) is 0 Å². The summed E-state index contributed by atoms with van der Waals surface area (Å²) in [5.74, 6) is 0.279. The summed E-state index contributed by atoms with van der Waals surface area (Å²) in [4.78, 5) is 11.8. The lowest BCUT2D eigenvalue weighted by atomic mass is 10.1. The molecule has 2 rings (SSSR count). The van der Waals surface area contributed by atoms with E-state index in [1.54, 1.807) is 20.8 Å². The number of nitrogens with one attached hydrogen (secondary N) is 1. The average molecular weight is 313 g/mol. The molecule has 0 aromatic heterocycles. The van der Waals surface area contributed by atoms with Gasteiger partial charge in [-0.1, -0.05) is 30.3 Å². The Hall–Kier alpha value is -2.49. The second kappa shape index (κ2) is 7.68. The van der Waals surface area contributed by atoms with Crippen LogP contribution in [0.2, 0.25) is 0 Å². The molecule has 4 heteroatoms. The zero-order valence-corrected chi connectivity index (χ0v) is 13.8. The number of hydrogen-bond donors (Lipinski definition) is 1. The Balaban J connectivity index is 1.93. The van der Waals surface area contributed by atoms with Gasteiger partial charge in [-0.15, -0.1) is 0 Å². The average Bonchev–Trinajstić information content (AvgIpc) is 2.55. The normalized spacial score (nSPS) is 10.9. The Bertz CT molecular complexity index is 621. The van der Waals surface area contributed by atoms with Gasteiger partial charge in [0.1, 0.15) is 5.75 Å². The quantitative estimate of drug-likeness (QED) is 0.784. The molecule has 0 unspecified atom stereocenters. The van der Waals surface area contributed by atoms with E-state index < -0.39 is 5.60 Å². The van der Waals surface area contributed by atoms with E-state index in [9.17, 15) is 4.79 Å². The lowest BCUT2D eigenvalue weighted by Gasteiger charge is -2.24. The predicted molar refractivity (Wildman–Crippen MR) is 91.6 cm³/mol. The number of carbonyl (C=O) groups excluding carboxylic acids is 1. The molecule has 0 aliphatic rings. The lowest BCUT2D eigenvalue weighted by molar-refractivity contribution is -0.158. The first-order valence-electron chi connectivity index (χ1n) is 7.75. The van der Waals surface area contributed by atoms with Gasteiger partial charge in [0.2, 0.25) is 0 Å². The van der Waals surface area contributed by atoms with Gasteiger partial charge >= 0.3 is 5.97 Å². The number of ether oxygens (including phenoxy) is 2. The molecule has 0 saturated heterocycles. The predicted octanol–water partition coefficient (Wildman–Crippen LogP) is 4.02. The van der Waals surface area contributed by atoms with Gasteiger partial charge in [-0.2, -0.15) is 0 Å². The summed E-state index contributed by atoms with van der Waals surface area (Å²) in [5, 5.41) is 3.35. The van der Waals surface area contributed by atoms with Gasteiger partial charge in [-0.3, -0.25) is 0 Å². The summed E-state index contributed by atoms with van der Waals surface area (Å²) in [6.07, 6.45) is 0. The topological polar surface area (TPSA) is 47.6 Å². The fraction of sp³-hybridized carbons (Fsp3) is 0.316. The molecule has 0 amide bonds. The van der Waals surface area contributed by atoms with Crippen LogP contribution in [0.1, 0.15) is 26.3 Å². The maximum absolute atomic E-state index is 11.8. The Morgan fingerprint density at radius 3 is 2.30 bits per heavy atom. The van der Waals surface area contributed by atoms with E-state index in [1.807, 2.05) is 54.6 Å². The minimum atomic E-state index is -1.00. The summed E-state index contributed by atoms with van der Waals surface area (Å²) >= 11 is 0.